The molecule has 2 aliphatic rings. The summed E-state index contributed by atoms with van der Waals surface area (Å²) >= 11 is 0. The van der Waals surface area contributed by atoms with Crippen molar-refractivity contribution in [2.45, 2.75) is 38.2 Å². The molecular weight excluding hydrogens is 222 g/mol. The lowest BCUT2D eigenvalue weighted by Gasteiger charge is -2.47. The Labute approximate surface area is 100 Å². The summed E-state index contributed by atoms with van der Waals surface area (Å²) in [6.45, 7) is 2.62. The number of aliphatic hydroxyl groups is 1. The highest BCUT2D eigenvalue weighted by Gasteiger charge is 2.53. The van der Waals surface area contributed by atoms with Crippen molar-refractivity contribution >= 4 is 11.9 Å². The Balaban J connectivity index is 1.73. The van der Waals surface area contributed by atoms with Crippen LogP contribution in [0.5, 0.6) is 0 Å². The molecule has 0 aromatic rings. The Morgan fingerprint density at radius 3 is 2.41 bits per heavy atom. The maximum Gasteiger partial charge on any atom is 0.303 e. The van der Waals surface area contributed by atoms with E-state index >= 15 is 0 Å². The lowest BCUT2D eigenvalue weighted by molar-refractivity contribution is -0.160. The normalized spacial score (nSPS) is 24.0. The smallest absolute Gasteiger partial charge is 0.303 e. The first-order valence-corrected chi connectivity index (χ1v) is 6.12. The lowest BCUT2D eigenvalue weighted by Crippen LogP contribution is -2.64. The number of carbonyl (C=O) groups is 2. The Kier molecular flexibility index (Phi) is 3.12. The fourth-order valence-electron chi connectivity index (χ4n) is 2.47. The average Bonchev–Trinajstić information content (AvgIpc) is 2.93. The standard InChI is InChI=1S/C12H19NO4/c1-8(5-11(15)16)4-10(14)13-6-12(17,7-13)9-2-3-9/h8-9,17H,2-7H2,1H3,(H,15,16). The number of rotatable bonds is 5. The van der Waals surface area contributed by atoms with Crippen molar-refractivity contribution in [1.29, 1.82) is 0 Å². The van der Waals surface area contributed by atoms with Gasteiger partial charge in [0.1, 0.15) is 5.60 Å². The molecule has 1 heterocycles. The van der Waals surface area contributed by atoms with Gasteiger partial charge in [-0.1, -0.05) is 6.92 Å². The molecule has 0 radical (unpaired) electrons. The zero-order valence-corrected chi connectivity index (χ0v) is 10.1. The van der Waals surface area contributed by atoms with Crippen LogP contribution in [0.25, 0.3) is 0 Å². The molecule has 1 saturated heterocycles. The van der Waals surface area contributed by atoms with E-state index in [0.29, 0.717) is 19.0 Å². The molecule has 2 N–H and O–H groups in total. The summed E-state index contributed by atoms with van der Waals surface area (Å²) in [7, 11) is 0. The fraction of sp³-hybridized carbons (Fsp3) is 0.833. The Hall–Kier alpha value is -1.10. The first-order valence-electron chi connectivity index (χ1n) is 6.12. The Morgan fingerprint density at radius 2 is 1.94 bits per heavy atom. The summed E-state index contributed by atoms with van der Waals surface area (Å²) in [5, 5.41) is 18.7. The van der Waals surface area contributed by atoms with Gasteiger partial charge >= 0.3 is 5.97 Å². The first kappa shape index (κ1) is 12.4. The molecule has 1 atom stereocenters. The molecule has 0 aromatic carbocycles. The number of amides is 1. The number of carboxylic acid groups (broad SMARTS) is 1. The van der Waals surface area contributed by atoms with Gasteiger partial charge in [-0.3, -0.25) is 9.59 Å². The van der Waals surface area contributed by atoms with Crippen molar-refractivity contribution in [3.8, 4) is 0 Å². The zero-order valence-electron chi connectivity index (χ0n) is 10.1. The first-order chi connectivity index (χ1) is 7.90. The summed E-state index contributed by atoms with van der Waals surface area (Å²) in [5.74, 6) is -0.676. The molecule has 1 aliphatic heterocycles. The second-order valence-corrected chi connectivity index (χ2v) is 5.53. The van der Waals surface area contributed by atoms with Crippen LogP contribution in [0.4, 0.5) is 0 Å². The van der Waals surface area contributed by atoms with Crippen molar-refractivity contribution in [3.63, 3.8) is 0 Å². The van der Waals surface area contributed by atoms with Crippen LogP contribution in [0.1, 0.15) is 32.6 Å². The summed E-state index contributed by atoms with van der Waals surface area (Å²) < 4.78 is 0. The third-order valence-corrected chi connectivity index (χ3v) is 3.67. The van der Waals surface area contributed by atoms with Crippen LogP contribution < -0.4 is 0 Å². The van der Waals surface area contributed by atoms with Gasteiger partial charge in [-0.25, -0.2) is 0 Å². The van der Waals surface area contributed by atoms with Crippen molar-refractivity contribution in [2.75, 3.05) is 13.1 Å². The highest BCUT2D eigenvalue weighted by molar-refractivity contribution is 5.78. The number of hydrogen-bond acceptors (Lipinski definition) is 3. The maximum atomic E-state index is 11.8. The van der Waals surface area contributed by atoms with E-state index in [1.807, 2.05) is 0 Å². The van der Waals surface area contributed by atoms with E-state index in [1.54, 1.807) is 11.8 Å². The van der Waals surface area contributed by atoms with Crippen LogP contribution in [0.2, 0.25) is 0 Å². The number of likely N-dealkylation sites (tertiary alicyclic amines) is 1. The van der Waals surface area contributed by atoms with Gasteiger partial charge in [0.25, 0.3) is 0 Å². The van der Waals surface area contributed by atoms with Crippen molar-refractivity contribution in [3.05, 3.63) is 0 Å². The molecule has 2 fully saturated rings. The Morgan fingerprint density at radius 1 is 1.35 bits per heavy atom. The number of hydrogen-bond donors (Lipinski definition) is 2. The number of carboxylic acids is 1. The third kappa shape index (κ3) is 2.77. The van der Waals surface area contributed by atoms with E-state index in [1.165, 1.54) is 0 Å². The molecule has 0 aromatic heterocycles. The molecule has 17 heavy (non-hydrogen) atoms. The lowest BCUT2D eigenvalue weighted by atomic mass is 9.88. The Bertz CT molecular complexity index is 331. The second kappa shape index (κ2) is 4.29. The maximum absolute atomic E-state index is 11.8. The second-order valence-electron chi connectivity index (χ2n) is 5.53. The minimum Gasteiger partial charge on any atom is -0.481 e. The molecule has 5 heteroatoms. The number of β-amino-alcohol motifs (C(OH)–C–C–N with tert-alkyl or cyclic N) is 1. The van der Waals surface area contributed by atoms with Gasteiger partial charge < -0.3 is 15.1 Å². The predicted molar refractivity (Wildman–Crippen MR) is 60.3 cm³/mol. The van der Waals surface area contributed by atoms with E-state index in [2.05, 4.69) is 0 Å². The van der Waals surface area contributed by atoms with E-state index < -0.39 is 11.6 Å². The van der Waals surface area contributed by atoms with E-state index in [0.717, 1.165) is 12.8 Å². The summed E-state index contributed by atoms with van der Waals surface area (Å²) in [4.78, 5) is 23.9. The van der Waals surface area contributed by atoms with E-state index in [4.69, 9.17) is 5.11 Å². The number of nitrogens with zero attached hydrogens (tertiary/aromatic N) is 1. The minimum atomic E-state index is -0.872. The third-order valence-electron chi connectivity index (χ3n) is 3.67. The summed E-state index contributed by atoms with van der Waals surface area (Å²) in [6, 6.07) is 0. The van der Waals surface area contributed by atoms with Crippen molar-refractivity contribution < 1.29 is 19.8 Å². The van der Waals surface area contributed by atoms with E-state index in [-0.39, 0.29) is 24.7 Å². The summed E-state index contributed by atoms with van der Waals surface area (Å²) in [6.07, 6.45) is 2.40. The minimum absolute atomic E-state index is 0.0203. The molecule has 0 spiro atoms. The largest absolute Gasteiger partial charge is 0.481 e. The van der Waals surface area contributed by atoms with E-state index in [9.17, 15) is 14.7 Å². The molecule has 5 nitrogen and oxygen atoms in total. The van der Waals surface area contributed by atoms with Crippen LogP contribution in [0.15, 0.2) is 0 Å². The van der Waals surface area contributed by atoms with Gasteiger partial charge in [0.05, 0.1) is 13.1 Å². The predicted octanol–water partition coefficient (Wildman–Crippen LogP) is 0.471. The van der Waals surface area contributed by atoms with Gasteiger partial charge in [-0.15, -0.1) is 0 Å². The van der Waals surface area contributed by atoms with Crippen LogP contribution >= 0.6 is 0 Å². The topological polar surface area (TPSA) is 77.8 Å². The summed E-state index contributed by atoms with van der Waals surface area (Å²) in [5.41, 5.74) is -0.647. The molecular formula is C12H19NO4. The fourth-order valence-corrected chi connectivity index (χ4v) is 2.47. The van der Waals surface area contributed by atoms with Crippen LogP contribution in [0.3, 0.4) is 0 Å². The van der Waals surface area contributed by atoms with Crippen LogP contribution in [-0.4, -0.2) is 45.7 Å². The highest BCUT2D eigenvalue weighted by atomic mass is 16.4. The highest BCUT2D eigenvalue weighted by Crippen LogP contribution is 2.44. The van der Waals surface area contributed by atoms with Crippen molar-refractivity contribution in [2.24, 2.45) is 11.8 Å². The number of aliphatic carboxylic acids is 1. The molecule has 2 rings (SSSR count). The molecule has 1 saturated carbocycles. The van der Waals surface area contributed by atoms with Gasteiger partial charge in [-0.05, 0) is 24.7 Å². The van der Waals surface area contributed by atoms with Gasteiger partial charge in [0, 0.05) is 12.8 Å². The molecule has 0 bridgehead atoms. The zero-order chi connectivity index (χ0) is 12.6. The number of carbonyl (C=O) groups excluding carboxylic acids is 1. The van der Waals surface area contributed by atoms with Crippen LogP contribution in [0, 0.1) is 11.8 Å². The van der Waals surface area contributed by atoms with Gasteiger partial charge in [0.2, 0.25) is 5.91 Å². The average molecular weight is 241 g/mol. The monoisotopic (exact) mass is 241 g/mol. The molecule has 96 valence electrons. The van der Waals surface area contributed by atoms with Crippen molar-refractivity contribution in [1.82, 2.24) is 4.90 Å². The molecule has 1 amide bonds. The molecule has 1 unspecified atom stereocenters. The van der Waals surface area contributed by atoms with Crippen LogP contribution in [-0.2, 0) is 9.59 Å². The quantitative estimate of drug-likeness (QED) is 0.733. The van der Waals surface area contributed by atoms with Gasteiger partial charge in [-0.2, -0.15) is 0 Å². The SMILES string of the molecule is CC(CC(=O)O)CC(=O)N1CC(O)(C2CC2)C1. The molecule has 1 aliphatic carbocycles. The van der Waals surface area contributed by atoms with Gasteiger partial charge in [0.15, 0.2) is 0 Å².